The number of methoxy groups -OCH3 is 1. The lowest BCUT2D eigenvalue weighted by Crippen LogP contribution is -2.29. The average Bonchev–Trinajstić information content (AvgIpc) is 2.30. The molecule has 0 radical (unpaired) electrons. The van der Waals surface area contributed by atoms with Crippen LogP contribution in [0.5, 0.6) is 5.75 Å². The number of carbonyl (C=O) groups excluding carboxylic acids is 1. The summed E-state index contributed by atoms with van der Waals surface area (Å²) < 4.78 is 5.11. The summed E-state index contributed by atoms with van der Waals surface area (Å²) in [6.45, 7) is 3.50. The maximum atomic E-state index is 11.7. The number of carbonyl (C=O) groups is 1. The standard InChI is InChI=1S/C12H16N2O5/c1-12(2,19-3)7-11(16)13-9-5-4-8(14(17)18)6-10(9)15/h4-6,15H,7H2,1-3H3,(H,13,16). The van der Waals surface area contributed by atoms with Gasteiger partial charge in [-0.2, -0.15) is 0 Å². The third-order valence-electron chi connectivity index (χ3n) is 2.61. The molecule has 1 aromatic rings. The Labute approximate surface area is 110 Å². The van der Waals surface area contributed by atoms with Crippen molar-refractivity contribution < 1.29 is 19.6 Å². The fraction of sp³-hybridized carbons (Fsp3) is 0.417. The molecule has 1 rings (SSSR count). The van der Waals surface area contributed by atoms with Gasteiger partial charge in [0.25, 0.3) is 5.69 Å². The van der Waals surface area contributed by atoms with Crippen molar-refractivity contribution in [2.45, 2.75) is 25.9 Å². The number of hydrogen-bond donors (Lipinski definition) is 2. The van der Waals surface area contributed by atoms with E-state index >= 15 is 0 Å². The van der Waals surface area contributed by atoms with Gasteiger partial charge in [-0.15, -0.1) is 0 Å². The fourth-order valence-electron chi connectivity index (χ4n) is 1.39. The summed E-state index contributed by atoms with van der Waals surface area (Å²) in [4.78, 5) is 21.6. The van der Waals surface area contributed by atoms with Gasteiger partial charge in [-0.25, -0.2) is 0 Å². The van der Waals surface area contributed by atoms with Crippen LogP contribution in [-0.2, 0) is 9.53 Å². The quantitative estimate of drug-likeness (QED) is 0.483. The van der Waals surface area contributed by atoms with Crippen LogP contribution in [0.4, 0.5) is 11.4 Å². The van der Waals surface area contributed by atoms with E-state index in [1.807, 2.05) is 0 Å². The van der Waals surface area contributed by atoms with Crippen molar-refractivity contribution in [2.24, 2.45) is 0 Å². The van der Waals surface area contributed by atoms with Gasteiger partial charge in [0.15, 0.2) is 0 Å². The fourth-order valence-corrected chi connectivity index (χ4v) is 1.39. The number of phenolic OH excluding ortho intramolecular Hbond substituents is 1. The number of ether oxygens (including phenoxy) is 1. The zero-order valence-electron chi connectivity index (χ0n) is 11.0. The van der Waals surface area contributed by atoms with E-state index < -0.39 is 10.5 Å². The number of nitro groups is 1. The Morgan fingerprint density at radius 3 is 2.63 bits per heavy atom. The van der Waals surface area contributed by atoms with Crippen LogP contribution in [0.1, 0.15) is 20.3 Å². The van der Waals surface area contributed by atoms with E-state index in [0.717, 1.165) is 6.07 Å². The normalized spacial score (nSPS) is 11.1. The minimum atomic E-state index is -0.626. The minimum absolute atomic E-state index is 0.0972. The number of phenols is 1. The molecule has 7 nitrogen and oxygen atoms in total. The van der Waals surface area contributed by atoms with Crippen molar-refractivity contribution in [1.82, 2.24) is 0 Å². The van der Waals surface area contributed by atoms with Gasteiger partial charge in [0.1, 0.15) is 5.75 Å². The van der Waals surface area contributed by atoms with Gasteiger partial charge in [0.05, 0.1) is 28.7 Å². The Kier molecular flexibility index (Phi) is 4.44. The number of aromatic hydroxyl groups is 1. The maximum Gasteiger partial charge on any atom is 0.273 e. The number of amides is 1. The highest BCUT2D eigenvalue weighted by Gasteiger charge is 2.22. The second kappa shape index (κ2) is 5.66. The molecule has 0 aromatic heterocycles. The van der Waals surface area contributed by atoms with Crippen LogP contribution in [0, 0.1) is 10.1 Å². The molecule has 1 amide bonds. The molecule has 0 saturated carbocycles. The van der Waals surface area contributed by atoms with E-state index in [4.69, 9.17) is 4.74 Å². The van der Waals surface area contributed by atoms with E-state index in [1.54, 1.807) is 13.8 Å². The SMILES string of the molecule is COC(C)(C)CC(=O)Nc1ccc([N+](=O)[O-])cc1O. The zero-order chi connectivity index (χ0) is 14.6. The van der Waals surface area contributed by atoms with Crippen molar-refractivity contribution in [3.05, 3.63) is 28.3 Å². The van der Waals surface area contributed by atoms with Crippen molar-refractivity contribution in [1.29, 1.82) is 0 Å². The average molecular weight is 268 g/mol. The lowest BCUT2D eigenvalue weighted by atomic mass is 10.0. The van der Waals surface area contributed by atoms with Crippen LogP contribution in [0.2, 0.25) is 0 Å². The number of anilines is 1. The predicted octanol–water partition coefficient (Wildman–Crippen LogP) is 2.05. The monoisotopic (exact) mass is 268 g/mol. The maximum absolute atomic E-state index is 11.7. The molecule has 2 N–H and O–H groups in total. The molecular formula is C12H16N2O5. The smallest absolute Gasteiger partial charge is 0.273 e. The largest absolute Gasteiger partial charge is 0.506 e. The lowest BCUT2D eigenvalue weighted by molar-refractivity contribution is -0.384. The summed E-state index contributed by atoms with van der Waals surface area (Å²) >= 11 is 0. The Balaban J connectivity index is 2.78. The lowest BCUT2D eigenvalue weighted by Gasteiger charge is -2.22. The first-order valence-corrected chi connectivity index (χ1v) is 5.57. The van der Waals surface area contributed by atoms with Crippen molar-refractivity contribution >= 4 is 17.3 Å². The highest BCUT2D eigenvalue weighted by molar-refractivity contribution is 5.93. The summed E-state index contributed by atoms with van der Waals surface area (Å²) in [5.74, 6) is -0.700. The zero-order valence-corrected chi connectivity index (χ0v) is 11.0. The Morgan fingerprint density at radius 2 is 2.16 bits per heavy atom. The Hall–Kier alpha value is -2.15. The van der Waals surface area contributed by atoms with Crippen LogP contribution in [0.25, 0.3) is 0 Å². The number of rotatable bonds is 5. The molecule has 0 spiro atoms. The first kappa shape index (κ1) is 14.9. The Bertz CT molecular complexity index is 499. The number of non-ortho nitro benzene ring substituents is 1. The van der Waals surface area contributed by atoms with Crippen molar-refractivity contribution in [3.63, 3.8) is 0 Å². The number of nitro benzene ring substituents is 1. The summed E-state index contributed by atoms with van der Waals surface area (Å²) in [5, 5.41) is 22.6. The summed E-state index contributed by atoms with van der Waals surface area (Å²) in [6, 6.07) is 3.47. The summed E-state index contributed by atoms with van der Waals surface area (Å²) in [7, 11) is 1.50. The van der Waals surface area contributed by atoms with Gasteiger partial charge >= 0.3 is 0 Å². The molecule has 0 fully saturated rings. The molecule has 0 unspecified atom stereocenters. The van der Waals surface area contributed by atoms with E-state index in [-0.39, 0.29) is 29.5 Å². The Morgan fingerprint density at radius 1 is 1.53 bits per heavy atom. The molecule has 0 saturated heterocycles. The number of benzene rings is 1. The molecule has 0 aliphatic heterocycles. The molecule has 0 atom stereocenters. The van der Waals surface area contributed by atoms with E-state index in [1.165, 1.54) is 19.2 Å². The summed E-state index contributed by atoms with van der Waals surface area (Å²) in [5.41, 5.74) is -0.740. The highest BCUT2D eigenvalue weighted by Crippen LogP contribution is 2.28. The topological polar surface area (TPSA) is 102 Å². The van der Waals surface area contributed by atoms with Crippen LogP contribution >= 0.6 is 0 Å². The van der Waals surface area contributed by atoms with Gasteiger partial charge < -0.3 is 15.2 Å². The van der Waals surface area contributed by atoms with Gasteiger partial charge in [-0.3, -0.25) is 14.9 Å². The van der Waals surface area contributed by atoms with Crippen molar-refractivity contribution in [2.75, 3.05) is 12.4 Å². The molecule has 104 valence electrons. The molecule has 0 aliphatic carbocycles. The molecule has 7 heteroatoms. The van der Waals surface area contributed by atoms with Crippen LogP contribution in [-0.4, -0.2) is 28.6 Å². The minimum Gasteiger partial charge on any atom is -0.506 e. The third-order valence-corrected chi connectivity index (χ3v) is 2.61. The first-order valence-electron chi connectivity index (χ1n) is 5.57. The number of nitrogens with zero attached hydrogens (tertiary/aromatic N) is 1. The highest BCUT2D eigenvalue weighted by atomic mass is 16.6. The number of nitrogens with one attached hydrogen (secondary N) is 1. The van der Waals surface area contributed by atoms with Crippen LogP contribution in [0.3, 0.4) is 0 Å². The summed E-state index contributed by atoms with van der Waals surface area (Å²) in [6.07, 6.45) is 0.0972. The van der Waals surface area contributed by atoms with Crippen molar-refractivity contribution in [3.8, 4) is 5.75 Å². The number of hydrogen-bond acceptors (Lipinski definition) is 5. The third kappa shape index (κ3) is 4.22. The predicted molar refractivity (Wildman–Crippen MR) is 69.1 cm³/mol. The molecular weight excluding hydrogens is 252 g/mol. The van der Waals surface area contributed by atoms with Gasteiger partial charge in [-0.05, 0) is 19.9 Å². The first-order chi connectivity index (χ1) is 8.75. The van der Waals surface area contributed by atoms with E-state index in [0.29, 0.717) is 0 Å². The molecule has 0 aliphatic rings. The molecule has 1 aromatic carbocycles. The van der Waals surface area contributed by atoms with E-state index in [2.05, 4.69) is 5.32 Å². The van der Waals surface area contributed by atoms with Crippen LogP contribution < -0.4 is 5.32 Å². The van der Waals surface area contributed by atoms with Gasteiger partial charge in [0, 0.05) is 13.2 Å². The molecule has 19 heavy (non-hydrogen) atoms. The molecule has 0 bridgehead atoms. The molecule has 0 heterocycles. The van der Waals surface area contributed by atoms with Crippen LogP contribution in [0.15, 0.2) is 18.2 Å². The second-order valence-corrected chi connectivity index (χ2v) is 4.65. The van der Waals surface area contributed by atoms with E-state index in [9.17, 15) is 20.0 Å². The van der Waals surface area contributed by atoms with Gasteiger partial charge in [0.2, 0.25) is 5.91 Å². The second-order valence-electron chi connectivity index (χ2n) is 4.65. The van der Waals surface area contributed by atoms with Gasteiger partial charge in [-0.1, -0.05) is 0 Å².